The molecule has 1 fully saturated rings. The summed E-state index contributed by atoms with van der Waals surface area (Å²) in [7, 11) is -3.13. The van der Waals surface area contributed by atoms with Gasteiger partial charge in [-0.15, -0.1) is 0 Å². The fraction of sp³-hybridized carbons (Fsp3) is 0.462. The van der Waals surface area contributed by atoms with Crippen LogP contribution < -0.4 is 9.62 Å². The number of fused-ring (bicyclic) bond motifs is 1. The molecule has 0 aliphatic carbocycles. The van der Waals surface area contributed by atoms with Gasteiger partial charge in [0.2, 0.25) is 10.0 Å². The second-order valence-electron chi connectivity index (χ2n) is 5.12. The number of hydrogen-bond donors (Lipinski definition) is 1. The fourth-order valence-electron chi connectivity index (χ4n) is 2.64. The third-order valence-electron chi connectivity index (χ3n) is 3.53. The third kappa shape index (κ3) is 2.78. The van der Waals surface area contributed by atoms with Crippen LogP contribution in [0.5, 0.6) is 0 Å². The molecule has 3 rings (SSSR count). The van der Waals surface area contributed by atoms with E-state index in [9.17, 15) is 8.42 Å². The second-order valence-corrected chi connectivity index (χ2v) is 6.90. The number of piperidine rings is 1. The van der Waals surface area contributed by atoms with Crippen molar-refractivity contribution in [3.63, 3.8) is 0 Å². The molecule has 0 saturated carbocycles. The summed E-state index contributed by atoms with van der Waals surface area (Å²) in [5.41, 5.74) is 0.825. The standard InChI is InChI=1S/C13H17N3O3S/c1-20(17,18)15-10-3-7-16(8-4-10)13-11-5-9-19-12(11)2-6-14-13/h2,5-6,9-10,15H,3-4,7-8H2,1H3. The first-order valence-electron chi connectivity index (χ1n) is 6.57. The lowest BCUT2D eigenvalue weighted by Crippen LogP contribution is -2.44. The summed E-state index contributed by atoms with van der Waals surface area (Å²) < 4.78 is 30.5. The van der Waals surface area contributed by atoms with Crippen molar-refractivity contribution < 1.29 is 12.8 Å². The van der Waals surface area contributed by atoms with E-state index in [1.807, 2.05) is 12.1 Å². The Labute approximate surface area is 117 Å². The van der Waals surface area contributed by atoms with Crippen LogP contribution in [0.3, 0.4) is 0 Å². The zero-order chi connectivity index (χ0) is 14.2. The third-order valence-corrected chi connectivity index (χ3v) is 4.30. The summed E-state index contributed by atoms with van der Waals surface area (Å²) in [5, 5.41) is 1.00. The fourth-order valence-corrected chi connectivity index (χ4v) is 3.48. The Kier molecular flexibility index (Phi) is 3.39. The summed E-state index contributed by atoms with van der Waals surface area (Å²) >= 11 is 0. The monoisotopic (exact) mass is 295 g/mol. The molecule has 1 aliphatic heterocycles. The number of furan rings is 1. The maximum atomic E-state index is 11.2. The van der Waals surface area contributed by atoms with Gasteiger partial charge in [0, 0.05) is 25.3 Å². The molecule has 0 bridgehead atoms. The topological polar surface area (TPSA) is 75.4 Å². The van der Waals surface area contributed by atoms with Crippen molar-refractivity contribution in [3.05, 3.63) is 24.6 Å². The number of pyridine rings is 1. The molecule has 3 heterocycles. The molecule has 0 aromatic carbocycles. The van der Waals surface area contributed by atoms with E-state index in [1.54, 1.807) is 12.5 Å². The van der Waals surface area contributed by atoms with E-state index in [0.717, 1.165) is 42.7 Å². The normalized spacial score (nSPS) is 17.8. The van der Waals surface area contributed by atoms with Gasteiger partial charge in [-0.05, 0) is 25.0 Å². The molecule has 1 aliphatic rings. The summed E-state index contributed by atoms with van der Waals surface area (Å²) in [6.07, 6.45) is 6.16. The highest BCUT2D eigenvalue weighted by molar-refractivity contribution is 7.88. The summed E-state index contributed by atoms with van der Waals surface area (Å²) in [5.74, 6) is 0.911. The summed E-state index contributed by atoms with van der Waals surface area (Å²) in [4.78, 5) is 6.61. The zero-order valence-corrected chi connectivity index (χ0v) is 12.1. The first kappa shape index (κ1) is 13.4. The number of anilines is 1. The van der Waals surface area contributed by atoms with Gasteiger partial charge in [-0.2, -0.15) is 0 Å². The number of nitrogens with zero attached hydrogens (tertiary/aromatic N) is 2. The highest BCUT2D eigenvalue weighted by Gasteiger charge is 2.23. The molecule has 0 atom stereocenters. The van der Waals surface area contributed by atoms with Crippen LogP contribution in [0.1, 0.15) is 12.8 Å². The number of hydrogen-bond acceptors (Lipinski definition) is 5. The van der Waals surface area contributed by atoms with Crippen LogP contribution >= 0.6 is 0 Å². The summed E-state index contributed by atoms with van der Waals surface area (Å²) in [6.45, 7) is 1.56. The minimum absolute atomic E-state index is 0.0183. The van der Waals surface area contributed by atoms with E-state index in [4.69, 9.17) is 4.42 Å². The Hall–Kier alpha value is -1.60. The number of nitrogens with one attached hydrogen (secondary N) is 1. The van der Waals surface area contributed by atoms with E-state index in [0.29, 0.717) is 0 Å². The largest absolute Gasteiger partial charge is 0.464 e. The van der Waals surface area contributed by atoms with E-state index in [2.05, 4.69) is 14.6 Å². The molecular weight excluding hydrogens is 278 g/mol. The maximum Gasteiger partial charge on any atom is 0.208 e. The van der Waals surface area contributed by atoms with E-state index < -0.39 is 10.0 Å². The Balaban J connectivity index is 1.74. The molecule has 6 nitrogen and oxygen atoms in total. The van der Waals surface area contributed by atoms with Crippen LogP contribution in [0.4, 0.5) is 5.82 Å². The molecule has 0 unspecified atom stereocenters. The molecule has 20 heavy (non-hydrogen) atoms. The lowest BCUT2D eigenvalue weighted by atomic mass is 10.1. The van der Waals surface area contributed by atoms with Crippen LogP contribution in [0.25, 0.3) is 11.0 Å². The smallest absolute Gasteiger partial charge is 0.208 e. The highest BCUT2D eigenvalue weighted by Crippen LogP contribution is 2.27. The molecule has 0 amide bonds. The van der Waals surface area contributed by atoms with Crippen molar-refractivity contribution in [2.75, 3.05) is 24.2 Å². The number of sulfonamides is 1. The predicted octanol–water partition coefficient (Wildman–Crippen LogP) is 1.35. The van der Waals surface area contributed by atoms with Crippen LogP contribution in [0, 0.1) is 0 Å². The first-order valence-corrected chi connectivity index (χ1v) is 8.46. The molecule has 2 aromatic heterocycles. The van der Waals surface area contributed by atoms with Gasteiger partial charge in [0.1, 0.15) is 11.4 Å². The second kappa shape index (κ2) is 5.06. The van der Waals surface area contributed by atoms with Crippen molar-refractivity contribution >= 4 is 26.8 Å². The zero-order valence-electron chi connectivity index (χ0n) is 11.2. The Morgan fingerprint density at radius 2 is 2.10 bits per heavy atom. The van der Waals surface area contributed by atoms with E-state index in [-0.39, 0.29) is 6.04 Å². The lowest BCUT2D eigenvalue weighted by molar-refractivity contribution is 0.460. The van der Waals surface area contributed by atoms with Gasteiger partial charge in [-0.1, -0.05) is 0 Å². The molecular formula is C13H17N3O3S. The van der Waals surface area contributed by atoms with Gasteiger partial charge in [0.15, 0.2) is 0 Å². The van der Waals surface area contributed by atoms with Crippen LogP contribution in [0.2, 0.25) is 0 Å². The molecule has 0 spiro atoms. The van der Waals surface area contributed by atoms with Gasteiger partial charge in [0.25, 0.3) is 0 Å². The van der Waals surface area contributed by atoms with Gasteiger partial charge in [-0.25, -0.2) is 18.1 Å². The predicted molar refractivity (Wildman–Crippen MR) is 77.2 cm³/mol. The number of rotatable bonds is 3. The van der Waals surface area contributed by atoms with Crippen molar-refractivity contribution in [2.45, 2.75) is 18.9 Å². The van der Waals surface area contributed by atoms with Crippen LogP contribution in [-0.4, -0.2) is 38.8 Å². The molecule has 1 saturated heterocycles. The highest BCUT2D eigenvalue weighted by atomic mass is 32.2. The van der Waals surface area contributed by atoms with Crippen molar-refractivity contribution in [1.29, 1.82) is 0 Å². The number of aromatic nitrogens is 1. The molecule has 108 valence electrons. The van der Waals surface area contributed by atoms with E-state index in [1.165, 1.54) is 6.26 Å². The van der Waals surface area contributed by atoms with Crippen LogP contribution in [-0.2, 0) is 10.0 Å². The van der Waals surface area contributed by atoms with Crippen molar-refractivity contribution in [3.8, 4) is 0 Å². The molecule has 0 radical (unpaired) electrons. The lowest BCUT2D eigenvalue weighted by Gasteiger charge is -2.33. The van der Waals surface area contributed by atoms with Gasteiger partial charge in [0.05, 0.1) is 17.9 Å². The van der Waals surface area contributed by atoms with Crippen LogP contribution in [0.15, 0.2) is 29.0 Å². The summed E-state index contributed by atoms with van der Waals surface area (Å²) in [6, 6.07) is 3.78. The first-order chi connectivity index (χ1) is 9.53. The maximum absolute atomic E-state index is 11.2. The Morgan fingerprint density at radius 1 is 1.35 bits per heavy atom. The average Bonchev–Trinajstić information content (AvgIpc) is 2.86. The van der Waals surface area contributed by atoms with Crippen molar-refractivity contribution in [2.24, 2.45) is 0 Å². The average molecular weight is 295 g/mol. The quantitative estimate of drug-likeness (QED) is 0.925. The molecule has 2 aromatic rings. The minimum Gasteiger partial charge on any atom is -0.464 e. The minimum atomic E-state index is -3.13. The van der Waals surface area contributed by atoms with Crippen molar-refractivity contribution in [1.82, 2.24) is 9.71 Å². The molecule has 7 heteroatoms. The Bertz CT molecular complexity index is 702. The molecule has 1 N–H and O–H groups in total. The SMILES string of the molecule is CS(=O)(=O)NC1CCN(c2nccc3occc23)CC1. The van der Waals surface area contributed by atoms with Gasteiger partial charge in [-0.3, -0.25) is 0 Å². The van der Waals surface area contributed by atoms with Gasteiger partial charge < -0.3 is 9.32 Å². The Morgan fingerprint density at radius 3 is 2.80 bits per heavy atom. The van der Waals surface area contributed by atoms with E-state index >= 15 is 0 Å². The van der Waals surface area contributed by atoms with Gasteiger partial charge >= 0.3 is 0 Å².